The summed E-state index contributed by atoms with van der Waals surface area (Å²) in [5, 5.41) is 3.05. The number of pyridine rings is 1. The summed E-state index contributed by atoms with van der Waals surface area (Å²) in [6, 6.07) is 10.3. The lowest BCUT2D eigenvalue weighted by atomic mass is 10.2. The van der Waals surface area contributed by atoms with Crippen molar-refractivity contribution in [2.24, 2.45) is 0 Å². The number of carbonyl (C=O) groups excluding carboxylic acids is 1. The number of nitrogens with one attached hydrogen (secondary N) is 1. The second kappa shape index (κ2) is 5.51. The Morgan fingerprint density at radius 1 is 1.28 bits per heavy atom. The van der Waals surface area contributed by atoms with E-state index in [1.54, 1.807) is 42.6 Å². The van der Waals surface area contributed by atoms with E-state index < -0.39 is 0 Å². The Balaban J connectivity index is 2.22. The summed E-state index contributed by atoms with van der Waals surface area (Å²) in [5.74, 6) is 0.196. The molecule has 0 aliphatic rings. The molecule has 2 rings (SSSR count). The average molecular weight is 263 g/mol. The fraction of sp³-hybridized carbons (Fsp3) is 0.0769. The molecule has 0 atom stereocenters. The van der Waals surface area contributed by atoms with Crippen LogP contribution in [0.4, 0.5) is 5.69 Å². The molecule has 0 unspecified atom stereocenters. The molecule has 1 aromatic carbocycles. The fourth-order valence-electron chi connectivity index (χ4n) is 1.45. The van der Waals surface area contributed by atoms with E-state index in [4.69, 9.17) is 16.3 Å². The average Bonchev–Trinajstić information content (AvgIpc) is 2.42. The van der Waals surface area contributed by atoms with Gasteiger partial charge < -0.3 is 10.1 Å². The van der Waals surface area contributed by atoms with E-state index in [2.05, 4.69) is 10.3 Å². The third kappa shape index (κ3) is 2.60. The number of hydrogen-bond acceptors (Lipinski definition) is 3. The minimum Gasteiger partial charge on any atom is -0.495 e. The first-order valence-electron chi connectivity index (χ1n) is 5.27. The molecule has 1 aromatic heterocycles. The molecule has 1 heterocycles. The summed E-state index contributed by atoms with van der Waals surface area (Å²) in [5.41, 5.74) is 0.822. The van der Waals surface area contributed by atoms with Gasteiger partial charge in [-0.3, -0.25) is 9.78 Å². The van der Waals surface area contributed by atoms with Gasteiger partial charge in [-0.05, 0) is 24.3 Å². The van der Waals surface area contributed by atoms with Crippen LogP contribution in [0, 0.1) is 0 Å². The molecule has 0 radical (unpaired) electrons. The third-order valence-electron chi connectivity index (χ3n) is 2.33. The lowest BCUT2D eigenvalue weighted by Crippen LogP contribution is -2.13. The van der Waals surface area contributed by atoms with Crippen LogP contribution in [-0.2, 0) is 0 Å². The van der Waals surface area contributed by atoms with Gasteiger partial charge in [0, 0.05) is 6.20 Å². The van der Waals surface area contributed by atoms with Crippen LogP contribution in [0.1, 0.15) is 10.5 Å². The van der Waals surface area contributed by atoms with Gasteiger partial charge in [0.05, 0.1) is 12.8 Å². The molecule has 5 heteroatoms. The van der Waals surface area contributed by atoms with Crippen molar-refractivity contribution in [1.82, 2.24) is 4.98 Å². The highest BCUT2D eigenvalue weighted by Crippen LogP contribution is 2.31. The monoisotopic (exact) mass is 262 g/mol. The molecule has 0 fully saturated rings. The lowest BCUT2D eigenvalue weighted by molar-refractivity contribution is 0.102. The summed E-state index contributed by atoms with van der Waals surface area (Å²) in [6.07, 6.45) is 1.56. The first-order valence-corrected chi connectivity index (χ1v) is 5.65. The van der Waals surface area contributed by atoms with Gasteiger partial charge in [0.1, 0.15) is 16.5 Å². The molecular formula is C13H11ClN2O2. The van der Waals surface area contributed by atoms with Crippen LogP contribution in [0.3, 0.4) is 0 Å². The quantitative estimate of drug-likeness (QED) is 0.925. The van der Waals surface area contributed by atoms with Crippen molar-refractivity contribution in [1.29, 1.82) is 0 Å². The van der Waals surface area contributed by atoms with E-state index in [0.717, 1.165) is 0 Å². The van der Waals surface area contributed by atoms with Crippen LogP contribution in [0.25, 0.3) is 0 Å². The smallest absolute Gasteiger partial charge is 0.274 e. The minimum absolute atomic E-state index is 0.314. The molecule has 1 N–H and O–H groups in total. The van der Waals surface area contributed by atoms with E-state index in [9.17, 15) is 4.79 Å². The number of benzene rings is 1. The number of anilines is 1. The number of carbonyl (C=O) groups is 1. The lowest BCUT2D eigenvalue weighted by Gasteiger charge is -2.09. The van der Waals surface area contributed by atoms with Crippen LogP contribution in [-0.4, -0.2) is 18.0 Å². The SMILES string of the molecule is COc1cccc(NC(=O)c2ccccn2)c1Cl. The number of methoxy groups -OCH3 is 1. The Morgan fingerprint density at radius 2 is 2.11 bits per heavy atom. The van der Waals surface area contributed by atoms with E-state index in [-0.39, 0.29) is 5.91 Å². The van der Waals surface area contributed by atoms with Crippen molar-refractivity contribution in [3.63, 3.8) is 0 Å². The number of rotatable bonds is 3. The molecule has 0 spiro atoms. The molecule has 0 aliphatic heterocycles. The molecule has 92 valence electrons. The van der Waals surface area contributed by atoms with E-state index >= 15 is 0 Å². The Morgan fingerprint density at radius 3 is 2.78 bits per heavy atom. The number of ether oxygens (including phenoxy) is 1. The van der Waals surface area contributed by atoms with Crippen LogP contribution in [0.2, 0.25) is 5.02 Å². The summed E-state index contributed by atoms with van der Waals surface area (Å²) < 4.78 is 5.07. The Hall–Kier alpha value is -2.07. The summed E-state index contributed by atoms with van der Waals surface area (Å²) >= 11 is 6.08. The van der Waals surface area contributed by atoms with Crippen LogP contribution in [0.15, 0.2) is 42.6 Å². The Labute approximate surface area is 110 Å². The highest BCUT2D eigenvalue weighted by Gasteiger charge is 2.11. The molecule has 0 aliphatic carbocycles. The van der Waals surface area contributed by atoms with Crippen molar-refractivity contribution in [3.05, 3.63) is 53.3 Å². The first-order chi connectivity index (χ1) is 8.72. The zero-order valence-electron chi connectivity index (χ0n) is 9.68. The van der Waals surface area contributed by atoms with Crippen molar-refractivity contribution in [3.8, 4) is 5.75 Å². The van der Waals surface area contributed by atoms with Gasteiger partial charge >= 0.3 is 0 Å². The predicted octanol–water partition coefficient (Wildman–Crippen LogP) is 3.00. The third-order valence-corrected chi connectivity index (χ3v) is 2.72. The second-order valence-corrected chi connectivity index (χ2v) is 3.87. The van der Waals surface area contributed by atoms with Crippen molar-refractivity contribution >= 4 is 23.2 Å². The Kier molecular flexibility index (Phi) is 3.79. The minimum atomic E-state index is -0.314. The highest BCUT2D eigenvalue weighted by molar-refractivity contribution is 6.35. The van der Waals surface area contributed by atoms with E-state index in [1.165, 1.54) is 7.11 Å². The van der Waals surface area contributed by atoms with Gasteiger partial charge in [-0.25, -0.2) is 0 Å². The normalized spacial score (nSPS) is 9.89. The van der Waals surface area contributed by atoms with Gasteiger partial charge in [-0.15, -0.1) is 0 Å². The molecule has 1 amide bonds. The maximum absolute atomic E-state index is 11.9. The zero-order valence-corrected chi connectivity index (χ0v) is 10.4. The molecule has 0 bridgehead atoms. The zero-order chi connectivity index (χ0) is 13.0. The van der Waals surface area contributed by atoms with Crippen LogP contribution in [0.5, 0.6) is 5.75 Å². The van der Waals surface area contributed by atoms with Crippen molar-refractivity contribution < 1.29 is 9.53 Å². The van der Waals surface area contributed by atoms with Gasteiger partial charge in [0.2, 0.25) is 0 Å². The maximum Gasteiger partial charge on any atom is 0.274 e. The van der Waals surface area contributed by atoms with E-state index in [0.29, 0.717) is 22.2 Å². The van der Waals surface area contributed by atoms with E-state index in [1.807, 2.05) is 0 Å². The topological polar surface area (TPSA) is 51.2 Å². The van der Waals surface area contributed by atoms with Gasteiger partial charge in [0.15, 0.2) is 0 Å². The summed E-state index contributed by atoms with van der Waals surface area (Å²) in [7, 11) is 1.52. The number of halogens is 1. The van der Waals surface area contributed by atoms with Gasteiger partial charge in [0.25, 0.3) is 5.91 Å². The fourth-order valence-corrected chi connectivity index (χ4v) is 1.70. The standard InChI is InChI=1S/C13H11ClN2O2/c1-18-11-7-4-6-9(12(11)14)16-13(17)10-5-2-3-8-15-10/h2-8H,1H3,(H,16,17). The summed E-state index contributed by atoms with van der Waals surface area (Å²) in [4.78, 5) is 15.9. The maximum atomic E-state index is 11.9. The Bertz CT molecular complexity index is 558. The molecule has 4 nitrogen and oxygen atoms in total. The van der Waals surface area contributed by atoms with Crippen molar-refractivity contribution in [2.45, 2.75) is 0 Å². The first kappa shape index (κ1) is 12.4. The van der Waals surface area contributed by atoms with Gasteiger partial charge in [-0.2, -0.15) is 0 Å². The second-order valence-electron chi connectivity index (χ2n) is 3.49. The number of aromatic nitrogens is 1. The number of nitrogens with zero attached hydrogens (tertiary/aromatic N) is 1. The molecule has 2 aromatic rings. The molecule has 0 saturated carbocycles. The largest absolute Gasteiger partial charge is 0.495 e. The van der Waals surface area contributed by atoms with Crippen LogP contribution < -0.4 is 10.1 Å². The summed E-state index contributed by atoms with van der Waals surface area (Å²) in [6.45, 7) is 0. The molecular weight excluding hydrogens is 252 g/mol. The van der Waals surface area contributed by atoms with Crippen molar-refractivity contribution in [2.75, 3.05) is 12.4 Å². The number of hydrogen-bond donors (Lipinski definition) is 1. The molecule has 0 saturated heterocycles. The van der Waals surface area contributed by atoms with Gasteiger partial charge in [-0.1, -0.05) is 23.7 Å². The predicted molar refractivity (Wildman–Crippen MR) is 70.2 cm³/mol. The number of amides is 1. The van der Waals surface area contributed by atoms with Crippen LogP contribution >= 0.6 is 11.6 Å². The molecule has 18 heavy (non-hydrogen) atoms. The highest BCUT2D eigenvalue weighted by atomic mass is 35.5.